The number of aliphatic hydroxyl groups excluding tert-OH is 1. The molecule has 3 rings (SSSR count). The molecular weight excluding hydrogens is 428 g/mol. The van der Waals surface area contributed by atoms with Crippen LogP contribution in [0.25, 0.3) is 0 Å². The molecule has 7 nitrogen and oxygen atoms in total. The number of carboxylic acids is 1. The lowest BCUT2D eigenvalue weighted by Gasteiger charge is -2.37. The fourth-order valence-corrected chi connectivity index (χ4v) is 8.08. The highest BCUT2D eigenvalue weighted by Gasteiger charge is 2.73. The largest absolute Gasteiger partial charge is 0.481 e. The molecule has 3 heterocycles. The Labute approximate surface area is 195 Å². The van der Waals surface area contributed by atoms with E-state index in [1.54, 1.807) is 22.7 Å². The average Bonchev–Trinajstić information content (AvgIpc) is 3.40. The maximum atomic E-state index is 13.9. The van der Waals surface area contributed by atoms with E-state index in [1.165, 1.54) is 0 Å². The predicted octanol–water partition coefficient (Wildman–Crippen LogP) is 2.92. The van der Waals surface area contributed by atoms with Crippen molar-refractivity contribution in [3.63, 3.8) is 0 Å². The van der Waals surface area contributed by atoms with Crippen LogP contribution in [0.5, 0.6) is 0 Å². The summed E-state index contributed by atoms with van der Waals surface area (Å²) in [5.74, 6) is -2.43. The first-order chi connectivity index (χ1) is 15.4. The van der Waals surface area contributed by atoms with Gasteiger partial charge in [-0.15, -0.1) is 18.3 Å². The highest BCUT2D eigenvalue weighted by molar-refractivity contribution is 8.02. The maximum Gasteiger partial charge on any atom is 0.308 e. The second-order valence-corrected chi connectivity index (χ2v) is 10.9. The Morgan fingerprint density at radius 1 is 1.25 bits per heavy atom. The Morgan fingerprint density at radius 3 is 2.66 bits per heavy atom. The van der Waals surface area contributed by atoms with Crippen molar-refractivity contribution in [2.24, 2.45) is 11.8 Å². The van der Waals surface area contributed by atoms with Crippen LogP contribution in [0.3, 0.4) is 0 Å². The molecule has 0 aromatic carbocycles. The maximum absolute atomic E-state index is 13.9. The summed E-state index contributed by atoms with van der Waals surface area (Å²) in [4.78, 5) is 43.1. The van der Waals surface area contributed by atoms with Gasteiger partial charge in [-0.05, 0) is 32.1 Å². The van der Waals surface area contributed by atoms with E-state index >= 15 is 0 Å². The van der Waals surface area contributed by atoms with Gasteiger partial charge in [-0.25, -0.2) is 0 Å². The molecule has 0 aliphatic carbocycles. The van der Waals surface area contributed by atoms with E-state index in [0.717, 1.165) is 57.8 Å². The third kappa shape index (κ3) is 4.58. The van der Waals surface area contributed by atoms with E-state index in [1.807, 2.05) is 4.90 Å². The molecule has 3 aliphatic heterocycles. The summed E-state index contributed by atoms with van der Waals surface area (Å²) in [5, 5.41) is 18.8. The van der Waals surface area contributed by atoms with Crippen molar-refractivity contribution in [1.82, 2.24) is 9.80 Å². The number of carbonyl (C=O) groups is 3. The van der Waals surface area contributed by atoms with Crippen molar-refractivity contribution < 1.29 is 24.6 Å². The van der Waals surface area contributed by atoms with Crippen LogP contribution in [0.1, 0.15) is 64.7 Å². The van der Waals surface area contributed by atoms with E-state index in [0.29, 0.717) is 19.6 Å². The standard InChI is InChI=1S/C24H38N2O5S/c1-3-5-8-14-25(13-4-2)22(29)20-24-12-11-17(32-24)18(23(30)31)19(24)21(28)26(20)15-9-6-7-10-16-27/h4,17-20,27H,2-3,5-16H2,1H3,(H,30,31)/t17-,18+,19+,20?,24?/m1/s1. The number of hydrogen-bond donors (Lipinski definition) is 2. The number of carbonyl (C=O) groups excluding carboxylic acids is 2. The number of aliphatic carboxylic acids is 1. The summed E-state index contributed by atoms with van der Waals surface area (Å²) in [5.41, 5.74) is 0. The molecule has 2 unspecified atom stereocenters. The zero-order chi connectivity index (χ0) is 23.3. The highest BCUT2D eigenvalue weighted by Crippen LogP contribution is 2.66. The summed E-state index contributed by atoms with van der Waals surface area (Å²) in [6.07, 6.45) is 9.41. The Hall–Kier alpha value is -1.54. The molecule has 3 fully saturated rings. The topological polar surface area (TPSA) is 98.2 Å². The van der Waals surface area contributed by atoms with Gasteiger partial charge in [-0.3, -0.25) is 14.4 Å². The number of fused-ring (bicyclic) bond motifs is 1. The molecule has 2 bridgehead atoms. The molecule has 5 atom stereocenters. The van der Waals surface area contributed by atoms with Gasteiger partial charge in [-0.2, -0.15) is 0 Å². The molecule has 2 N–H and O–H groups in total. The van der Waals surface area contributed by atoms with Gasteiger partial charge in [0.2, 0.25) is 11.8 Å². The number of thioether (sulfide) groups is 1. The van der Waals surface area contributed by atoms with Crippen LogP contribution >= 0.6 is 11.8 Å². The summed E-state index contributed by atoms with van der Waals surface area (Å²) in [6.45, 7) is 7.63. The number of unbranched alkanes of at least 4 members (excludes halogenated alkanes) is 5. The molecule has 3 aliphatic rings. The van der Waals surface area contributed by atoms with Crippen molar-refractivity contribution in [3.05, 3.63) is 12.7 Å². The van der Waals surface area contributed by atoms with Gasteiger partial charge in [0.25, 0.3) is 0 Å². The molecule has 0 aromatic heterocycles. The normalized spacial score (nSPS) is 30.6. The van der Waals surface area contributed by atoms with Crippen molar-refractivity contribution in [1.29, 1.82) is 0 Å². The monoisotopic (exact) mass is 466 g/mol. The molecular formula is C24H38N2O5S. The molecule has 0 aromatic rings. The second kappa shape index (κ2) is 11.1. The van der Waals surface area contributed by atoms with Crippen LogP contribution in [0, 0.1) is 11.8 Å². The van der Waals surface area contributed by atoms with Gasteiger partial charge in [0.05, 0.1) is 16.6 Å². The molecule has 0 radical (unpaired) electrons. The van der Waals surface area contributed by atoms with Crippen LogP contribution < -0.4 is 0 Å². The minimum atomic E-state index is -0.913. The molecule has 180 valence electrons. The van der Waals surface area contributed by atoms with Gasteiger partial charge in [0.15, 0.2) is 0 Å². The first-order valence-corrected chi connectivity index (χ1v) is 13.0. The van der Waals surface area contributed by atoms with Crippen molar-refractivity contribution in [2.45, 2.75) is 80.7 Å². The third-order valence-corrected chi connectivity index (χ3v) is 9.27. The SMILES string of the molecule is C=CCN(CCCCC)C(=O)C1N(CCCCCCO)C(=O)[C@@H]2[C@@H](C(=O)O)[C@H]3CCC12S3. The quantitative estimate of drug-likeness (QED) is 0.302. The van der Waals surface area contributed by atoms with Crippen molar-refractivity contribution >= 4 is 29.5 Å². The van der Waals surface area contributed by atoms with Crippen molar-refractivity contribution in [3.8, 4) is 0 Å². The van der Waals surface area contributed by atoms with Gasteiger partial charge in [0, 0.05) is 31.5 Å². The average molecular weight is 467 g/mol. The lowest BCUT2D eigenvalue weighted by atomic mass is 9.71. The third-order valence-electron chi connectivity index (χ3n) is 7.32. The Kier molecular flexibility index (Phi) is 8.67. The zero-order valence-electron chi connectivity index (χ0n) is 19.2. The van der Waals surface area contributed by atoms with Crippen LogP contribution in [0.15, 0.2) is 12.7 Å². The minimum Gasteiger partial charge on any atom is -0.481 e. The predicted molar refractivity (Wildman–Crippen MR) is 125 cm³/mol. The number of likely N-dealkylation sites (tertiary alicyclic amines) is 1. The molecule has 0 saturated carbocycles. The Morgan fingerprint density at radius 2 is 2.00 bits per heavy atom. The van der Waals surface area contributed by atoms with Crippen molar-refractivity contribution in [2.75, 3.05) is 26.2 Å². The Balaban J connectivity index is 1.87. The highest BCUT2D eigenvalue weighted by atomic mass is 32.2. The fourth-order valence-electron chi connectivity index (χ4n) is 5.87. The first-order valence-electron chi connectivity index (χ1n) is 12.1. The number of carboxylic acid groups (broad SMARTS) is 1. The van der Waals surface area contributed by atoms with E-state index in [9.17, 15) is 19.5 Å². The number of aliphatic hydroxyl groups is 1. The minimum absolute atomic E-state index is 0.0496. The zero-order valence-corrected chi connectivity index (χ0v) is 20.0. The van der Waals surface area contributed by atoms with Gasteiger partial charge in [0.1, 0.15) is 6.04 Å². The van der Waals surface area contributed by atoms with Crippen LogP contribution in [0.2, 0.25) is 0 Å². The summed E-state index contributed by atoms with van der Waals surface area (Å²) < 4.78 is -0.628. The lowest BCUT2D eigenvalue weighted by Crippen LogP contribution is -2.55. The molecule has 32 heavy (non-hydrogen) atoms. The molecule has 1 spiro atoms. The van der Waals surface area contributed by atoms with Crippen LogP contribution in [0.4, 0.5) is 0 Å². The van der Waals surface area contributed by atoms with E-state index in [4.69, 9.17) is 5.11 Å². The number of amides is 2. The van der Waals surface area contributed by atoms with E-state index in [2.05, 4.69) is 13.5 Å². The second-order valence-electron chi connectivity index (χ2n) is 9.34. The van der Waals surface area contributed by atoms with Gasteiger partial charge >= 0.3 is 5.97 Å². The van der Waals surface area contributed by atoms with Crippen LogP contribution in [-0.4, -0.2) is 80.1 Å². The Bertz CT molecular complexity index is 717. The van der Waals surface area contributed by atoms with Gasteiger partial charge in [-0.1, -0.05) is 38.7 Å². The first kappa shape index (κ1) is 25.1. The molecule has 3 saturated heterocycles. The lowest BCUT2D eigenvalue weighted by molar-refractivity contribution is -0.148. The van der Waals surface area contributed by atoms with Crippen LogP contribution in [-0.2, 0) is 14.4 Å². The van der Waals surface area contributed by atoms with E-state index in [-0.39, 0.29) is 23.7 Å². The number of hydrogen-bond acceptors (Lipinski definition) is 5. The molecule has 2 amide bonds. The van der Waals surface area contributed by atoms with Gasteiger partial charge < -0.3 is 20.0 Å². The van der Waals surface area contributed by atoms with E-state index < -0.39 is 28.6 Å². The number of rotatable bonds is 14. The summed E-state index contributed by atoms with van der Waals surface area (Å²) in [6, 6.07) is -0.598. The summed E-state index contributed by atoms with van der Waals surface area (Å²) in [7, 11) is 0. The molecule has 8 heteroatoms. The summed E-state index contributed by atoms with van der Waals surface area (Å²) >= 11 is 1.59. The fraction of sp³-hybridized carbons (Fsp3) is 0.792. The number of nitrogens with zero attached hydrogens (tertiary/aromatic N) is 2. The smallest absolute Gasteiger partial charge is 0.308 e.